The van der Waals surface area contributed by atoms with Gasteiger partial charge in [0.25, 0.3) is 6.43 Å². The van der Waals surface area contributed by atoms with Gasteiger partial charge >= 0.3 is 5.97 Å². The van der Waals surface area contributed by atoms with Crippen LogP contribution in [0.5, 0.6) is 0 Å². The topological polar surface area (TPSA) is 75.6 Å². The lowest BCUT2D eigenvalue weighted by Gasteiger charge is -2.12. The van der Waals surface area contributed by atoms with Gasteiger partial charge in [0.05, 0.1) is 6.61 Å². The van der Waals surface area contributed by atoms with Gasteiger partial charge in [0.2, 0.25) is 5.91 Å². The molecule has 0 spiro atoms. The van der Waals surface area contributed by atoms with Crippen molar-refractivity contribution in [2.24, 2.45) is 0 Å². The molecule has 0 fully saturated rings. The number of aliphatic carboxylic acids is 1. The highest BCUT2D eigenvalue weighted by atomic mass is 19.3. The van der Waals surface area contributed by atoms with E-state index >= 15 is 0 Å². The summed E-state index contributed by atoms with van der Waals surface area (Å²) in [6, 6.07) is -1.29. The summed E-state index contributed by atoms with van der Waals surface area (Å²) < 4.78 is 27.6. The molecule has 0 aliphatic rings. The molecule has 0 aromatic heterocycles. The number of carbonyl (C=O) groups is 2. The Balaban J connectivity index is 3.86. The SMILES string of the molecule is CC(=O)NC(COCC(F)F)C(=O)O. The maximum absolute atomic E-state index is 11.6. The van der Waals surface area contributed by atoms with Crippen molar-refractivity contribution in [3.05, 3.63) is 0 Å². The molecule has 14 heavy (non-hydrogen) atoms. The van der Waals surface area contributed by atoms with Gasteiger partial charge in [-0.05, 0) is 0 Å². The second-order valence-electron chi connectivity index (χ2n) is 2.52. The van der Waals surface area contributed by atoms with Crippen LogP contribution in [0.2, 0.25) is 0 Å². The highest BCUT2D eigenvalue weighted by Gasteiger charge is 2.18. The Bertz CT molecular complexity index is 210. The summed E-state index contributed by atoms with van der Waals surface area (Å²) in [5.74, 6) is -1.88. The molecule has 0 aromatic carbocycles. The molecule has 1 atom stereocenters. The first-order chi connectivity index (χ1) is 6.43. The number of carboxylic acids is 1. The van der Waals surface area contributed by atoms with Gasteiger partial charge in [-0.1, -0.05) is 0 Å². The van der Waals surface area contributed by atoms with Crippen LogP contribution in [0.3, 0.4) is 0 Å². The van der Waals surface area contributed by atoms with Gasteiger partial charge < -0.3 is 15.2 Å². The van der Waals surface area contributed by atoms with Crippen LogP contribution >= 0.6 is 0 Å². The Labute approximate surface area is 79.0 Å². The molecule has 0 aliphatic heterocycles. The Morgan fingerprint density at radius 1 is 1.43 bits per heavy atom. The fourth-order valence-corrected chi connectivity index (χ4v) is 0.695. The number of hydrogen-bond donors (Lipinski definition) is 2. The molecule has 7 heteroatoms. The fourth-order valence-electron chi connectivity index (χ4n) is 0.695. The summed E-state index contributed by atoms with van der Waals surface area (Å²) in [5, 5.41) is 10.5. The monoisotopic (exact) mass is 211 g/mol. The van der Waals surface area contributed by atoms with Crippen LogP contribution in [0.4, 0.5) is 8.78 Å². The van der Waals surface area contributed by atoms with Crippen molar-refractivity contribution in [1.82, 2.24) is 5.32 Å². The van der Waals surface area contributed by atoms with Crippen LogP contribution in [-0.2, 0) is 14.3 Å². The Morgan fingerprint density at radius 3 is 2.36 bits per heavy atom. The number of carboxylic acid groups (broad SMARTS) is 1. The first-order valence-corrected chi connectivity index (χ1v) is 3.79. The predicted molar refractivity (Wildman–Crippen MR) is 42.1 cm³/mol. The molecule has 0 aromatic rings. The molecule has 82 valence electrons. The second kappa shape index (κ2) is 6.25. The third-order valence-electron chi connectivity index (χ3n) is 1.20. The Kier molecular flexibility index (Phi) is 5.70. The molecular formula is C7H11F2NO4. The van der Waals surface area contributed by atoms with E-state index in [-0.39, 0.29) is 0 Å². The number of rotatable bonds is 6. The minimum absolute atomic E-state index is 0.473. The van der Waals surface area contributed by atoms with Crippen LogP contribution < -0.4 is 5.32 Å². The first kappa shape index (κ1) is 12.8. The van der Waals surface area contributed by atoms with E-state index in [0.29, 0.717) is 0 Å². The standard InChI is InChI=1S/C7H11F2NO4/c1-4(11)10-5(7(12)13)2-14-3-6(8)9/h5-6H,2-3H2,1H3,(H,10,11)(H,12,13). The van der Waals surface area contributed by atoms with Crippen molar-refractivity contribution in [3.8, 4) is 0 Å². The second-order valence-corrected chi connectivity index (χ2v) is 2.52. The van der Waals surface area contributed by atoms with Gasteiger partial charge in [0.1, 0.15) is 6.61 Å². The molecule has 5 nitrogen and oxygen atoms in total. The lowest BCUT2D eigenvalue weighted by Crippen LogP contribution is -2.43. The molecule has 1 unspecified atom stereocenters. The third kappa shape index (κ3) is 6.30. The van der Waals surface area contributed by atoms with Crippen molar-refractivity contribution in [2.75, 3.05) is 13.2 Å². The van der Waals surface area contributed by atoms with Crippen molar-refractivity contribution in [1.29, 1.82) is 0 Å². The molecular weight excluding hydrogens is 200 g/mol. The van der Waals surface area contributed by atoms with Gasteiger partial charge in [-0.2, -0.15) is 0 Å². The summed E-state index contributed by atoms with van der Waals surface area (Å²) in [6.07, 6.45) is -2.65. The van der Waals surface area contributed by atoms with Crippen LogP contribution in [0, 0.1) is 0 Å². The smallest absolute Gasteiger partial charge is 0.328 e. The zero-order valence-electron chi connectivity index (χ0n) is 7.50. The van der Waals surface area contributed by atoms with E-state index in [1.54, 1.807) is 0 Å². The largest absolute Gasteiger partial charge is 0.480 e. The maximum atomic E-state index is 11.6. The van der Waals surface area contributed by atoms with E-state index < -0.39 is 37.6 Å². The first-order valence-electron chi connectivity index (χ1n) is 3.79. The average Bonchev–Trinajstić information content (AvgIpc) is 2.00. The number of ether oxygens (including phenoxy) is 1. The van der Waals surface area contributed by atoms with Crippen molar-refractivity contribution < 1.29 is 28.2 Å². The summed E-state index contributed by atoms with van der Waals surface area (Å²) in [4.78, 5) is 20.9. The molecule has 0 saturated heterocycles. The third-order valence-corrected chi connectivity index (χ3v) is 1.20. The van der Waals surface area contributed by atoms with Crippen LogP contribution in [0.25, 0.3) is 0 Å². The van der Waals surface area contributed by atoms with E-state index in [1.807, 2.05) is 5.32 Å². The zero-order chi connectivity index (χ0) is 11.1. The lowest BCUT2D eigenvalue weighted by atomic mass is 10.3. The van der Waals surface area contributed by atoms with Crippen LogP contribution in [0.1, 0.15) is 6.92 Å². The van der Waals surface area contributed by atoms with Crippen molar-refractivity contribution >= 4 is 11.9 Å². The Morgan fingerprint density at radius 2 is 2.00 bits per heavy atom. The number of amides is 1. The predicted octanol–water partition coefficient (Wildman–Crippen LogP) is -0.143. The van der Waals surface area contributed by atoms with E-state index in [9.17, 15) is 18.4 Å². The number of nitrogens with one attached hydrogen (secondary N) is 1. The fraction of sp³-hybridized carbons (Fsp3) is 0.714. The van der Waals surface area contributed by atoms with E-state index in [2.05, 4.69) is 4.74 Å². The van der Waals surface area contributed by atoms with Crippen LogP contribution in [-0.4, -0.2) is 42.7 Å². The van der Waals surface area contributed by atoms with E-state index in [4.69, 9.17) is 5.11 Å². The molecule has 0 heterocycles. The van der Waals surface area contributed by atoms with Gasteiger partial charge in [-0.25, -0.2) is 13.6 Å². The summed E-state index contributed by atoms with van der Waals surface area (Å²) in [7, 11) is 0. The molecule has 0 rings (SSSR count). The highest BCUT2D eigenvalue weighted by Crippen LogP contribution is 1.94. The summed E-state index contributed by atoms with van der Waals surface area (Å²) in [6.45, 7) is -0.189. The minimum Gasteiger partial charge on any atom is -0.480 e. The van der Waals surface area contributed by atoms with Crippen molar-refractivity contribution in [3.63, 3.8) is 0 Å². The van der Waals surface area contributed by atoms with E-state index in [0.717, 1.165) is 6.92 Å². The molecule has 0 bridgehead atoms. The maximum Gasteiger partial charge on any atom is 0.328 e. The Hall–Kier alpha value is -1.24. The molecule has 0 radical (unpaired) electrons. The lowest BCUT2D eigenvalue weighted by molar-refractivity contribution is -0.143. The highest BCUT2D eigenvalue weighted by molar-refractivity contribution is 5.82. The van der Waals surface area contributed by atoms with E-state index in [1.165, 1.54) is 0 Å². The molecule has 0 aliphatic carbocycles. The molecule has 1 amide bonds. The summed E-state index contributed by atoms with van der Waals surface area (Å²) in [5.41, 5.74) is 0. The average molecular weight is 211 g/mol. The van der Waals surface area contributed by atoms with Gasteiger partial charge in [0.15, 0.2) is 6.04 Å². The van der Waals surface area contributed by atoms with Gasteiger partial charge in [-0.15, -0.1) is 0 Å². The minimum atomic E-state index is -2.65. The zero-order valence-corrected chi connectivity index (χ0v) is 7.50. The quantitative estimate of drug-likeness (QED) is 0.641. The summed E-state index contributed by atoms with van der Waals surface area (Å²) >= 11 is 0. The number of alkyl halides is 2. The molecule has 0 saturated carbocycles. The normalized spacial score (nSPS) is 12.6. The number of hydrogen-bond acceptors (Lipinski definition) is 3. The molecule has 2 N–H and O–H groups in total. The van der Waals surface area contributed by atoms with Gasteiger partial charge in [-0.3, -0.25) is 4.79 Å². The van der Waals surface area contributed by atoms with Crippen molar-refractivity contribution in [2.45, 2.75) is 19.4 Å². The number of halogens is 2. The van der Waals surface area contributed by atoms with Gasteiger partial charge in [0, 0.05) is 6.92 Å². The number of carbonyl (C=O) groups excluding carboxylic acids is 1. The van der Waals surface area contributed by atoms with Crippen LogP contribution in [0.15, 0.2) is 0 Å².